The molecule has 0 N–H and O–H groups in total. The largest absolute Gasteiger partial charge is 0.269 e. The highest BCUT2D eigenvalue weighted by atomic mass is 35.5. The second kappa shape index (κ2) is 4.93. The molecule has 0 amide bonds. The fourth-order valence-electron chi connectivity index (χ4n) is 2.65. The smallest absolute Gasteiger partial charge is 0.136 e. The Morgan fingerprint density at radius 1 is 1.37 bits per heavy atom. The van der Waals surface area contributed by atoms with Crippen molar-refractivity contribution in [2.75, 3.05) is 0 Å². The number of rotatable bonds is 3. The van der Waals surface area contributed by atoms with Gasteiger partial charge in [-0.1, -0.05) is 24.4 Å². The zero-order valence-corrected chi connectivity index (χ0v) is 11.3. The first-order chi connectivity index (χ1) is 9.16. The van der Waals surface area contributed by atoms with Gasteiger partial charge >= 0.3 is 0 Å². The predicted octanol–water partition coefficient (Wildman–Crippen LogP) is 3.88. The minimum Gasteiger partial charge on any atom is -0.269 e. The molecule has 3 rings (SSSR count). The molecule has 100 valence electrons. The van der Waals surface area contributed by atoms with E-state index in [4.69, 9.17) is 11.6 Å². The molecule has 2 heterocycles. The lowest BCUT2D eigenvalue weighted by molar-refractivity contribution is 0.139. The van der Waals surface area contributed by atoms with E-state index in [0.717, 1.165) is 24.0 Å². The Labute approximate surface area is 116 Å². The van der Waals surface area contributed by atoms with Crippen LogP contribution in [-0.4, -0.2) is 20.4 Å². The zero-order chi connectivity index (χ0) is 13.3. The molecule has 2 aromatic rings. The maximum absolute atomic E-state index is 14.4. The Balaban J connectivity index is 1.82. The molecule has 0 saturated heterocycles. The number of hydrogen-bond donors (Lipinski definition) is 0. The van der Waals surface area contributed by atoms with E-state index in [1.807, 2.05) is 18.3 Å². The van der Waals surface area contributed by atoms with E-state index < -0.39 is 5.67 Å². The van der Waals surface area contributed by atoms with Gasteiger partial charge in [-0.2, -0.15) is 5.10 Å². The minimum atomic E-state index is -1.10. The summed E-state index contributed by atoms with van der Waals surface area (Å²) in [6.45, 7) is 0.324. The van der Waals surface area contributed by atoms with Gasteiger partial charge in [0.05, 0.1) is 12.7 Å². The van der Waals surface area contributed by atoms with Crippen LogP contribution in [0.4, 0.5) is 4.39 Å². The number of halogens is 2. The van der Waals surface area contributed by atoms with E-state index in [2.05, 4.69) is 10.1 Å². The molecule has 0 spiro atoms. The first-order valence-electron chi connectivity index (χ1n) is 6.49. The van der Waals surface area contributed by atoms with Crippen LogP contribution in [0, 0.1) is 0 Å². The van der Waals surface area contributed by atoms with Crippen molar-refractivity contribution in [3.63, 3.8) is 0 Å². The van der Waals surface area contributed by atoms with Gasteiger partial charge in [-0.15, -0.1) is 0 Å². The molecule has 2 aromatic heterocycles. The highest BCUT2D eigenvalue weighted by Crippen LogP contribution is 2.35. The van der Waals surface area contributed by atoms with Crippen LogP contribution in [0.3, 0.4) is 0 Å². The summed E-state index contributed by atoms with van der Waals surface area (Å²) in [5.41, 5.74) is 0.608. The third-order valence-corrected chi connectivity index (χ3v) is 3.95. The van der Waals surface area contributed by atoms with Crippen molar-refractivity contribution in [2.24, 2.45) is 0 Å². The molecule has 1 fully saturated rings. The summed E-state index contributed by atoms with van der Waals surface area (Å²) in [6, 6.07) is 3.71. The second-order valence-electron chi connectivity index (χ2n) is 5.13. The Bertz CT molecular complexity index is 576. The number of nitrogens with zero attached hydrogens (tertiary/aromatic N) is 3. The lowest BCUT2D eigenvalue weighted by Gasteiger charge is -2.18. The van der Waals surface area contributed by atoms with E-state index in [9.17, 15) is 4.39 Å². The van der Waals surface area contributed by atoms with Gasteiger partial charge in [-0.05, 0) is 25.0 Å². The molecule has 0 aromatic carbocycles. The summed E-state index contributed by atoms with van der Waals surface area (Å²) in [5, 5.41) is 4.68. The molecular formula is C14H15ClFN3. The molecular weight excluding hydrogens is 265 g/mol. The van der Waals surface area contributed by atoms with Crippen LogP contribution in [0.2, 0.25) is 5.15 Å². The van der Waals surface area contributed by atoms with Gasteiger partial charge in [0.1, 0.15) is 10.8 Å². The average molecular weight is 280 g/mol. The standard InChI is InChI=1S/C14H15ClFN3/c15-13-12(4-3-7-17-13)11-8-18-19(9-11)10-14(16)5-1-2-6-14/h3-4,7-9H,1-2,5-6,10H2. The van der Waals surface area contributed by atoms with Crippen LogP contribution < -0.4 is 0 Å². The topological polar surface area (TPSA) is 30.7 Å². The molecule has 0 atom stereocenters. The van der Waals surface area contributed by atoms with E-state index in [1.54, 1.807) is 17.1 Å². The first-order valence-corrected chi connectivity index (χ1v) is 6.86. The van der Waals surface area contributed by atoms with Gasteiger partial charge in [0.15, 0.2) is 0 Å². The first kappa shape index (κ1) is 12.6. The number of aromatic nitrogens is 3. The van der Waals surface area contributed by atoms with Crippen LogP contribution in [0.15, 0.2) is 30.7 Å². The fraction of sp³-hybridized carbons (Fsp3) is 0.429. The Hall–Kier alpha value is -1.42. The monoisotopic (exact) mass is 279 g/mol. The van der Waals surface area contributed by atoms with Gasteiger partial charge in [0.25, 0.3) is 0 Å². The van der Waals surface area contributed by atoms with Crippen molar-refractivity contribution in [1.82, 2.24) is 14.8 Å². The van der Waals surface area contributed by atoms with E-state index in [0.29, 0.717) is 24.5 Å². The SMILES string of the molecule is FC1(Cn2cc(-c3cccnc3Cl)cn2)CCCC1. The molecule has 0 unspecified atom stereocenters. The van der Waals surface area contributed by atoms with Gasteiger partial charge < -0.3 is 0 Å². The van der Waals surface area contributed by atoms with E-state index in [-0.39, 0.29) is 0 Å². The second-order valence-corrected chi connectivity index (χ2v) is 5.48. The van der Waals surface area contributed by atoms with Crippen LogP contribution >= 0.6 is 11.6 Å². The van der Waals surface area contributed by atoms with Crippen LogP contribution in [0.5, 0.6) is 0 Å². The number of hydrogen-bond acceptors (Lipinski definition) is 2. The van der Waals surface area contributed by atoms with Crippen molar-refractivity contribution in [2.45, 2.75) is 37.9 Å². The van der Waals surface area contributed by atoms with Crippen molar-refractivity contribution in [1.29, 1.82) is 0 Å². The van der Waals surface area contributed by atoms with E-state index >= 15 is 0 Å². The maximum atomic E-state index is 14.4. The summed E-state index contributed by atoms with van der Waals surface area (Å²) in [5.74, 6) is 0. The lowest BCUT2D eigenvalue weighted by Crippen LogP contribution is -2.25. The summed E-state index contributed by atoms with van der Waals surface area (Å²) >= 11 is 6.04. The average Bonchev–Trinajstić information content (AvgIpc) is 3.00. The fourth-order valence-corrected chi connectivity index (χ4v) is 2.88. The highest BCUT2D eigenvalue weighted by molar-refractivity contribution is 6.32. The normalized spacial score (nSPS) is 17.8. The van der Waals surface area contributed by atoms with Crippen molar-refractivity contribution in [3.8, 4) is 11.1 Å². The zero-order valence-electron chi connectivity index (χ0n) is 10.5. The Morgan fingerprint density at radius 3 is 2.89 bits per heavy atom. The lowest BCUT2D eigenvalue weighted by atomic mass is 10.1. The van der Waals surface area contributed by atoms with Crippen molar-refractivity contribution < 1.29 is 4.39 Å². The highest BCUT2D eigenvalue weighted by Gasteiger charge is 2.34. The van der Waals surface area contributed by atoms with Gasteiger partial charge in [0, 0.05) is 23.5 Å². The molecule has 3 nitrogen and oxygen atoms in total. The number of pyridine rings is 1. The van der Waals surface area contributed by atoms with Gasteiger partial charge in [0.2, 0.25) is 0 Å². The summed E-state index contributed by atoms with van der Waals surface area (Å²) < 4.78 is 16.1. The molecule has 19 heavy (non-hydrogen) atoms. The van der Waals surface area contributed by atoms with Crippen LogP contribution in [0.1, 0.15) is 25.7 Å². The van der Waals surface area contributed by atoms with Gasteiger partial charge in [-0.25, -0.2) is 9.37 Å². The van der Waals surface area contributed by atoms with Gasteiger partial charge in [-0.3, -0.25) is 4.68 Å². The van der Waals surface area contributed by atoms with Crippen molar-refractivity contribution >= 4 is 11.6 Å². The molecule has 1 saturated carbocycles. The molecule has 1 aliphatic rings. The molecule has 0 aliphatic heterocycles. The van der Waals surface area contributed by atoms with Crippen molar-refractivity contribution in [3.05, 3.63) is 35.9 Å². The number of alkyl halides is 1. The Morgan fingerprint density at radius 2 is 2.16 bits per heavy atom. The van der Waals surface area contributed by atoms with E-state index in [1.165, 1.54) is 0 Å². The third kappa shape index (κ3) is 2.63. The van der Waals surface area contributed by atoms with Crippen LogP contribution in [0.25, 0.3) is 11.1 Å². The third-order valence-electron chi connectivity index (χ3n) is 3.65. The minimum absolute atomic E-state index is 0.324. The van der Waals surface area contributed by atoms with Crippen LogP contribution in [-0.2, 0) is 6.54 Å². The quantitative estimate of drug-likeness (QED) is 0.798. The predicted molar refractivity (Wildman–Crippen MR) is 72.8 cm³/mol. The maximum Gasteiger partial charge on any atom is 0.136 e. The summed E-state index contributed by atoms with van der Waals surface area (Å²) in [6.07, 6.45) is 8.40. The summed E-state index contributed by atoms with van der Waals surface area (Å²) in [7, 11) is 0. The molecule has 0 radical (unpaired) electrons. The molecule has 5 heteroatoms. The molecule has 0 bridgehead atoms. The molecule has 1 aliphatic carbocycles. The summed E-state index contributed by atoms with van der Waals surface area (Å²) in [4.78, 5) is 4.04. The Kier molecular flexibility index (Phi) is 3.27.